The number of hydrogen-bond donors (Lipinski definition) is 1. The van der Waals surface area contributed by atoms with Crippen LogP contribution in [0.1, 0.15) is 49.0 Å². The molecule has 1 amide bonds. The molecule has 2 atom stereocenters. The summed E-state index contributed by atoms with van der Waals surface area (Å²) in [6.45, 7) is 2.33. The highest BCUT2D eigenvalue weighted by Gasteiger charge is 2.37. The summed E-state index contributed by atoms with van der Waals surface area (Å²) in [5.41, 5.74) is 2.24. The molecular formula is C18H25N5O2. The maximum Gasteiger partial charge on any atom is 0.228 e. The number of hydrogen-bond acceptors (Lipinski definition) is 4. The van der Waals surface area contributed by atoms with Gasteiger partial charge in [-0.15, -0.1) is 0 Å². The highest BCUT2D eigenvalue weighted by Crippen LogP contribution is 2.36. The first-order valence-corrected chi connectivity index (χ1v) is 9.11. The lowest BCUT2D eigenvalue weighted by Crippen LogP contribution is -2.44. The van der Waals surface area contributed by atoms with Crippen molar-refractivity contribution in [3.63, 3.8) is 0 Å². The first-order valence-electron chi connectivity index (χ1n) is 9.11. The summed E-state index contributed by atoms with van der Waals surface area (Å²) in [6, 6.07) is 2.09. The third kappa shape index (κ3) is 3.20. The predicted molar refractivity (Wildman–Crippen MR) is 91.8 cm³/mol. The molecule has 1 N–H and O–H groups in total. The second-order valence-corrected chi connectivity index (χ2v) is 7.05. The Hall–Kier alpha value is -2.15. The number of piperidine rings is 1. The van der Waals surface area contributed by atoms with Crippen LogP contribution in [0.3, 0.4) is 0 Å². The van der Waals surface area contributed by atoms with E-state index in [-0.39, 0.29) is 17.9 Å². The van der Waals surface area contributed by atoms with Crippen molar-refractivity contribution in [1.82, 2.24) is 24.9 Å². The van der Waals surface area contributed by atoms with E-state index in [9.17, 15) is 4.79 Å². The number of rotatable bonds is 3. The van der Waals surface area contributed by atoms with Crippen LogP contribution in [-0.4, -0.2) is 50.5 Å². The van der Waals surface area contributed by atoms with Gasteiger partial charge in [0.2, 0.25) is 5.91 Å². The molecule has 2 saturated heterocycles. The van der Waals surface area contributed by atoms with E-state index in [1.165, 1.54) is 5.69 Å². The molecule has 0 unspecified atom stereocenters. The van der Waals surface area contributed by atoms with E-state index >= 15 is 0 Å². The Morgan fingerprint density at radius 1 is 1.32 bits per heavy atom. The molecule has 2 aliphatic heterocycles. The number of nitrogens with one attached hydrogen (secondary N) is 1. The van der Waals surface area contributed by atoms with Gasteiger partial charge in [0.25, 0.3) is 0 Å². The molecule has 0 aromatic carbocycles. The minimum atomic E-state index is -0.171. The Morgan fingerprint density at radius 3 is 2.84 bits per heavy atom. The van der Waals surface area contributed by atoms with Crippen molar-refractivity contribution in [3.8, 4) is 0 Å². The van der Waals surface area contributed by atoms with Crippen LogP contribution < -0.4 is 0 Å². The quantitative estimate of drug-likeness (QED) is 0.925. The van der Waals surface area contributed by atoms with E-state index in [4.69, 9.17) is 4.74 Å². The fraction of sp³-hybridized carbons (Fsp3) is 0.611. The van der Waals surface area contributed by atoms with E-state index in [2.05, 4.69) is 21.4 Å². The number of aryl methyl sites for hydroxylation is 1. The van der Waals surface area contributed by atoms with Crippen LogP contribution in [0, 0.1) is 5.92 Å². The summed E-state index contributed by atoms with van der Waals surface area (Å²) in [5.74, 6) is 0.623. The monoisotopic (exact) mass is 343 g/mol. The summed E-state index contributed by atoms with van der Waals surface area (Å²) < 4.78 is 7.87. The standard InChI is InChI=1S/C18H25N5O2/c1-22-16(4-7-21-22)13-5-8-23(9-6-13)18(24)15-3-2-10-25-17(15)14-11-19-20-12-14/h4,7,11-13,15,17H,2-3,5-6,8-10H2,1H3,(H,19,20)/t15-,17+/m1/s1. The number of amides is 1. The van der Waals surface area contributed by atoms with E-state index in [0.29, 0.717) is 12.5 Å². The molecule has 7 nitrogen and oxygen atoms in total. The fourth-order valence-electron chi connectivity index (χ4n) is 4.19. The largest absolute Gasteiger partial charge is 0.373 e. The molecule has 4 rings (SSSR count). The third-order valence-electron chi connectivity index (χ3n) is 5.57. The van der Waals surface area contributed by atoms with E-state index in [1.807, 2.05) is 29.0 Å². The van der Waals surface area contributed by atoms with Crippen LogP contribution >= 0.6 is 0 Å². The van der Waals surface area contributed by atoms with Crippen molar-refractivity contribution in [2.45, 2.75) is 37.7 Å². The smallest absolute Gasteiger partial charge is 0.228 e. The molecule has 25 heavy (non-hydrogen) atoms. The number of carbonyl (C=O) groups is 1. The third-order valence-corrected chi connectivity index (χ3v) is 5.57. The number of aromatic amines is 1. The maximum absolute atomic E-state index is 13.1. The highest BCUT2D eigenvalue weighted by molar-refractivity contribution is 5.80. The molecule has 2 aromatic rings. The number of carbonyl (C=O) groups excluding carboxylic acids is 1. The lowest BCUT2D eigenvalue weighted by molar-refractivity contribution is -0.146. The summed E-state index contributed by atoms with van der Waals surface area (Å²) in [4.78, 5) is 15.1. The van der Waals surface area contributed by atoms with E-state index < -0.39 is 0 Å². The van der Waals surface area contributed by atoms with Gasteiger partial charge in [0.1, 0.15) is 0 Å². The molecule has 2 aromatic heterocycles. The Morgan fingerprint density at radius 2 is 2.16 bits per heavy atom. The first-order chi connectivity index (χ1) is 12.2. The van der Waals surface area contributed by atoms with Crippen molar-refractivity contribution in [3.05, 3.63) is 35.9 Å². The van der Waals surface area contributed by atoms with Gasteiger partial charge in [-0.2, -0.15) is 10.2 Å². The zero-order valence-corrected chi connectivity index (χ0v) is 14.6. The summed E-state index contributed by atoms with van der Waals surface area (Å²) in [5, 5.41) is 11.1. The molecule has 0 bridgehead atoms. The second kappa shape index (κ2) is 7.00. The normalized spacial score (nSPS) is 25.2. The molecule has 0 radical (unpaired) electrons. The van der Waals surface area contributed by atoms with Crippen molar-refractivity contribution in [2.24, 2.45) is 13.0 Å². The van der Waals surface area contributed by atoms with Gasteiger partial charge >= 0.3 is 0 Å². The Labute approximate surface area is 147 Å². The zero-order chi connectivity index (χ0) is 17.2. The molecule has 0 aliphatic carbocycles. The SMILES string of the molecule is Cn1nccc1C1CCN(C(=O)[C@@H]2CCCO[C@H]2c2cn[nH]c2)CC1. The van der Waals surface area contributed by atoms with Gasteiger partial charge in [0.05, 0.1) is 18.2 Å². The topological polar surface area (TPSA) is 76.0 Å². The van der Waals surface area contributed by atoms with Crippen LogP contribution in [0.4, 0.5) is 0 Å². The number of H-pyrrole nitrogens is 1. The van der Waals surface area contributed by atoms with Crippen molar-refractivity contribution in [2.75, 3.05) is 19.7 Å². The summed E-state index contributed by atoms with van der Waals surface area (Å²) >= 11 is 0. The average molecular weight is 343 g/mol. The number of likely N-dealkylation sites (tertiary alicyclic amines) is 1. The van der Waals surface area contributed by atoms with Gasteiger partial charge in [-0.05, 0) is 31.7 Å². The molecule has 2 aliphatic rings. The van der Waals surface area contributed by atoms with Gasteiger partial charge < -0.3 is 9.64 Å². The van der Waals surface area contributed by atoms with Crippen molar-refractivity contribution < 1.29 is 9.53 Å². The molecule has 4 heterocycles. The predicted octanol–water partition coefficient (Wildman–Crippen LogP) is 2.02. The zero-order valence-electron chi connectivity index (χ0n) is 14.6. The minimum Gasteiger partial charge on any atom is -0.373 e. The molecule has 7 heteroatoms. The minimum absolute atomic E-state index is 0.0976. The van der Waals surface area contributed by atoms with Crippen LogP contribution in [0.5, 0.6) is 0 Å². The first kappa shape index (κ1) is 16.3. The van der Waals surface area contributed by atoms with Gasteiger partial charge in [0.15, 0.2) is 0 Å². The number of aromatic nitrogens is 4. The molecule has 0 saturated carbocycles. The lowest BCUT2D eigenvalue weighted by Gasteiger charge is -2.37. The molecular weight excluding hydrogens is 318 g/mol. The summed E-state index contributed by atoms with van der Waals surface area (Å²) in [6.07, 6.45) is 9.10. The molecule has 134 valence electrons. The van der Waals surface area contributed by atoms with Gasteiger partial charge in [0, 0.05) is 56.3 Å². The number of ether oxygens (including phenoxy) is 1. The van der Waals surface area contributed by atoms with Crippen LogP contribution in [-0.2, 0) is 16.6 Å². The highest BCUT2D eigenvalue weighted by atomic mass is 16.5. The van der Waals surface area contributed by atoms with Crippen LogP contribution in [0.15, 0.2) is 24.7 Å². The lowest BCUT2D eigenvalue weighted by atomic mass is 9.87. The fourth-order valence-corrected chi connectivity index (χ4v) is 4.19. The molecule has 2 fully saturated rings. The van der Waals surface area contributed by atoms with Crippen LogP contribution in [0.2, 0.25) is 0 Å². The van der Waals surface area contributed by atoms with Gasteiger partial charge in [-0.25, -0.2) is 0 Å². The summed E-state index contributed by atoms with van der Waals surface area (Å²) in [7, 11) is 1.99. The molecule has 0 spiro atoms. The Bertz CT molecular complexity index is 703. The van der Waals surface area contributed by atoms with Crippen LogP contribution in [0.25, 0.3) is 0 Å². The van der Waals surface area contributed by atoms with E-state index in [1.54, 1.807) is 6.20 Å². The maximum atomic E-state index is 13.1. The Balaban J connectivity index is 1.42. The van der Waals surface area contributed by atoms with Crippen molar-refractivity contribution >= 4 is 5.91 Å². The van der Waals surface area contributed by atoms with Gasteiger partial charge in [-0.1, -0.05) is 0 Å². The average Bonchev–Trinajstić information content (AvgIpc) is 3.33. The van der Waals surface area contributed by atoms with Gasteiger partial charge in [-0.3, -0.25) is 14.6 Å². The van der Waals surface area contributed by atoms with E-state index in [0.717, 1.165) is 44.3 Å². The second-order valence-electron chi connectivity index (χ2n) is 7.05. The Kier molecular flexibility index (Phi) is 4.57. The number of nitrogens with zero attached hydrogens (tertiary/aromatic N) is 4. The van der Waals surface area contributed by atoms with Crippen molar-refractivity contribution in [1.29, 1.82) is 0 Å².